The molecule has 0 fully saturated rings. The van der Waals surface area contributed by atoms with Gasteiger partial charge in [0.15, 0.2) is 5.69 Å². The third-order valence-electron chi connectivity index (χ3n) is 5.19. The molecule has 2 aromatic carbocycles. The maximum atomic E-state index is 13.0. The minimum atomic E-state index is -0.296. The Morgan fingerprint density at radius 2 is 1.74 bits per heavy atom. The molecular formula is C25H27N7O2. The van der Waals surface area contributed by atoms with Gasteiger partial charge in [0.1, 0.15) is 0 Å². The lowest BCUT2D eigenvalue weighted by molar-refractivity contribution is 0.102. The predicted octanol–water partition coefficient (Wildman–Crippen LogP) is 4.03. The number of fused-ring (bicyclic) bond motifs is 1. The van der Waals surface area contributed by atoms with E-state index in [-0.39, 0.29) is 11.9 Å². The summed E-state index contributed by atoms with van der Waals surface area (Å²) in [6.07, 6.45) is 3.30. The predicted molar refractivity (Wildman–Crippen MR) is 134 cm³/mol. The minimum Gasteiger partial charge on any atom is -0.331 e. The monoisotopic (exact) mass is 457 g/mol. The Bertz CT molecular complexity index is 1340. The SMILES string of the molecule is CN(C)Cc1cccc(NC(=O)c2n[nH]c3ccc(-c4cncc(NC(=O)N(C)C)c4)cc23)c1. The van der Waals surface area contributed by atoms with Crippen LogP contribution in [0.5, 0.6) is 0 Å². The largest absolute Gasteiger partial charge is 0.331 e. The van der Waals surface area contributed by atoms with Gasteiger partial charge in [-0.3, -0.25) is 14.9 Å². The maximum Gasteiger partial charge on any atom is 0.321 e. The second kappa shape index (κ2) is 9.72. The summed E-state index contributed by atoms with van der Waals surface area (Å²) in [5.41, 5.74) is 5.11. The van der Waals surface area contributed by atoms with Crippen LogP contribution >= 0.6 is 0 Å². The second-order valence-corrected chi connectivity index (χ2v) is 8.51. The molecule has 0 bridgehead atoms. The maximum absolute atomic E-state index is 13.0. The highest BCUT2D eigenvalue weighted by Crippen LogP contribution is 2.27. The number of urea groups is 1. The fourth-order valence-corrected chi connectivity index (χ4v) is 3.57. The zero-order valence-corrected chi connectivity index (χ0v) is 19.6. The number of nitrogens with one attached hydrogen (secondary N) is 3. The molecule has 0 saturated carbocycles. The first-order valence-corrected chi connectivity index (χ1v) is 10.8. The van der Waals surface area contributed by atoms with Crippen LogP contribution in [0.3, 0.4) is 0 Å². The molecule has 0 radical (unpaired) electrons. The zero-order valence-electron chi connectivity index (χ0n) is 19.6. The average Bonchev–Trinajstić information content (AvgIpc) is 3.22. The molecule has 0 atom stereocenters. The third-order valence-corrected chi connectivity index (χ3v) is 5.19. The van der Waals surface area contributed by atoms with Crippen LogP contribution in [0.15, 0.2) is 60.9 Å². The number of anilines is 2. The summed E-state index contributed by atoms with van der Waals surface area (Å²) in [4.78, 5) is 32.8. The van der Waals surface area contributed by atoms with E-state index in [1.54, 1.807) is 26.5 Å². The lowest BCUT2D eigenvalue weighted by Crippen LogP contribution is -2.27. The van der Waals surface area contributed by atoms with Crippen molar-refractivity contribution in [3.05, 3.63) is 72.2 Å². The summed E-state index contributed by atoms with van der Waals surface area (Å²) < 4.78 is 0. The van der Waals surface area contributed by atoms with Crippen molar-refractivity contribution in [2.24, 2.45) is 0 Å². The summed E-state index contributed by atoms with van der Waals surface area (Å²) in [5.74, 6) is -0.296. The van der Waals surface area contributed by atoms with E-state index < -0.39 is 0 Å². The van der Waals surface area contributed by atoms with E-state index in [1.807, 2.05) is 62.6 Å². The molecule has 0 aliphatic carbocycles. The fourth-order valence-electron chi connectivity index (χ4n) is 3.57. The van der Waals surface area contributed by atoms with Gasteiger partial charge in [0.25, 0.3) is 5.91 Å². The Morgan fingerprint density at radius 1 is 0.912 bits per heavy atom. The van der Waals surface area contributed by atoms with Crippen LogP contribution in [-0.4, -0.2) is 65.1 Å². The molecule has 0 unspecified atom stereocenters. The van der Waals surface area contributed by atoms with Gasteiger partial charge >= 0.3 is 6.03 Å². The lowest BCUT2D eigenvalue weighted by Gasteiger charge is -2.12. The molecule has 9 heteroatoms. The molecule has 2 heterocycles. The van der Waals surface area contributed by atoms with Gasteiger partial charge < -0.3 is 20.4 Å². The molecule has 4 aromatic rings. The van der Waals surface area contributed by atoms with Crippen molar-refractivity contribution in [3.8, 4) is 11.1 Å². The number of amides is 3. The zero-order chi connectivity index (χ0) is 24.2. The number of aromatic nitrogens is 3. The van der Waals surface area contributed by atoms with Crippen molar-refractivity contribution in [3.63, 3.8) is 0 Å². The number of hydrogen-bond acceptors (Lipinski definition) is 5. The van der Waals surface area contributed by atoms with Crippen molar-refractivity contribution in [2.45, 2.75) is 6.54 Å². The minimum absolute atomic E-state index is 0.238. The number of H-pyrrole nitrogens is 1. The van der Waals surface area contributed by atoms with Gasteiger partial charge in [0, 0.05) is 43.5 Å². The Hall–Kier alpha value is -4.24. The number of rotatable bonds is 6. The van der Waals surface area contributed by atoms with E-state index in [4.69, 9.17) is 0 Å². The standard InChI is InChI=1S/C25H27N7O2/c1-31(2)15-16-6-5-7-19(10-16)27-24(33)23-21-12-17(8-9-22(21)29-30-23)18-11-20(14-26-13-18)28-25(34)32(3)4/h5-14H,15H2,1-4H3,(H,27,33)(H,28,34)(H,29,30). The van der Waals surface area contributed by atoms with E-state index >= 15 is 0 Å². The molecule has 9 nitrogen and oxygen atoms in total. The highest BCUT2D eigenvalue weighted by molar-refractivity contribution is 6.11. The van der Waals surface area contributed by atoms with Crippen LogP contribution in [0, 0.1) is 0 Å². The van der Waals surface area contributed by atoms with Crippen LogP contribution in [0.2, 0.25) is 0 Å². The van der Waals surface area contributed by atoms with Gasteiger partial charge in [-0.15, -0.1) is 0 Å². The Morgan fingerprint density at radius 3 is 2.50 bits per heavy atom. The molecule has 3 N–H and O–H groups in total. The van der Waals surface area contributed by atoms with Crippen molar-refractivity contribution >= 4 is 34.2 Å². The molecule has 0 spiro atoms. The summed E-state index contributed by atoms with van der Waals surface area (Å²) >= 11 is 0. The fraction of sp³-hybridized carbons (Fsp3) is 0.200. The van der Waals surface area contributed by atoms with E-state index in [0.29, 0.717) is 22.5 Å². The van der Waals surface area contributed by atoms with Gasteiger partial charge in [-0.05, 0) is 55.6 Å². The van der Waals surface area contributed by atoms with Crippen LogP contribution < -0.4 is 10.6 Å². The number of nitrogens with zero attached hydrogens (tertiary/aromatic N) is 4. The van der Waals surface area contributed by atoms with Crippen molar-refractivity contribution < 1.29 is 9.59 Å². The van der Waals surface area contributed by atoms with E-state index in [0.717, 1.165) is 28.8 Å². The lowest BCUT2D eigenvalue weighted by atomic mass is 10.0. The van der Waals surface area contributed by atoms with E-state index in [2.05, 4.69) is 30.7 Å². The van der Waals surface area contributed by atoms with E-state index in [9.17, 15) is 9.59 Å². The van der Waals surface area contributed by atoms with Crippen LogP contribution in [-0.2, 0) is 6.54 Å². The molecular weight excluding hydrogens is 430 g/mol. The summed E-state index contributed by atoms with van der Waals surface area (Å²) in [7, 11) is 7.34. The number of aromatic amines is 1. The first kappa shape index (κ1) is 22.9. The highest BCUT2D eigenvalue weighted by Gasteiger charge is 2.16. The van der Waals surface area contributed by atoms with E-state index in [1.165, 1.54) is 4.90 Å². The summed E-state index contributed by atoms with van der Waals surface area (Å²) in [6.45, 7) is 0.778. The molecule has 3 amide bonds. The second-order valence-electron chi connectivity index (χ2n) is 8.51. The van der Waals surface area contributed by atoms with Crippen molar-refractivity contribution in [1.82, 2.24) is 25.0 Å². The van der Waals surface area contributed by atoms with Crippen LogP contribution in [0.1, 0.15) is 16.1 Å². The first-order chi connectivity index (χ1) is 16.3. The molecule has 2 aromatic heterocycles. The van der Waals surface area contributed by atoms with Gasteiger partial charge in [-0.25, -0.2) is 4.79 Å². The Labute approximate surface area is 197 Å². The van der Waals surface area contributed by atoms with Gasteiger partial charge in [0.05, 0.1) is 17.4 Å². The number of benzene rings is 2. The molecule has 0 aliphatic heterocycles. The van der Waals surface area contributed by atoms with Crippen LogP contribution in [0.4, 0.5) is 16.2 Å². The first-order valence-electron chi connectivity index (χ1n) is 10.8. The molecule has 4 rings (SSSR count). The molecule has 0 aliphatic rings. The third kappa shape index (κ3) is 5.21. The summed E-state index contributed by atoms with van der Waals surface area (Å²) in [6, 6.07) is 15.0. The Kier molecular flexibility index (Phi) is 6.55. The van der Waals surface area contributed by atoms with Crippen molar-refractivity contribution in [2.75, 3.05) is 38.8 Å². The smallest absolute Gasteiger partial charge is 0.321 e. The van der Waals surface area contributed by atoms with Gasteiger partial charge in [0.2, 0.25) is 0 Å². The summed E-state index contributed by atoms with van der Waals surface area (Å²) in [5, 5.41) is 13.6. The molecule has 34 heavy (non-hydrogen) atoms. The van der Waals surface area contributed by atoms with Crippen molar-refractivity contribution in [1.29, 1.82) is 0 Å². The quantitative estimate of drug-likeness (QED) is 0.405. The van der Waals surface area contributed by atoms with Gasteiger partial charge in [-0.2, -0.15) is 5.10 Å². The Balaban J connectivity index is 1.60. The highest BCUT2D eigenvalue weighted by atomic mass is 16.2. The average molecular weight is 458 g/mol. The van der Waals surface area contributed by atoms with Crippen LogP contribution in [0.25, 0.3) is 22.0 Å². The number of carbonyl (C=O) groups excluding carboxylic acids is 2. The molecule has 174 valence electrons. The number of carbonyl (C=O) groups is 2. The number of hydrogen-bond donors (Lipinski definition) is 3. The topological polar surface area (TPSA) is 106 Å². The number of pyridine rings is 1. The molecule has 0 saturated heterocycles. The van der Waals surface area contributed by atoms with Gasteiger partial charge in [-0.1, -0.05) is 18.2 Å². The normalized spacial score (nSPS) is 11.0.